The van der Waals surface area contributed by atoms with Crippen LogP contribution in [0.3, 0.4) is 0 Å². The summed E-state index contributed by atoms with van der Waals surface area (Å²) in [6, 6.07) is 13.5. The topological polar surface area (TPSA) is 0 Å². The van der Waals surface area contributed by atoms with Crippen molar-refractivity contribution in [3.8, 4) is 0 Å². The Morgan fingerprint density at radius 1 is 0.322 bits per heavy atom. The predicted octanol–water partition coefficient (Wildman–Crippen LogP) is 33.2. The molecule has 0 saturated heterocycles. The van der Waals surface area contributed by atoms with Gasteiger partial charge in [0.25, 0.3) is 0 Å². The van der Waals surface area contributed by atoms with Crippen LogP contribution in [0.4, 0.5) is 0 Å². The van der Waals surface area contributed by atoms with Crippen LogP contribution in [-0.2, 0) is 11.8 Å². The van der Waals surface area contributed by atoms with Crippen molar-refractivity contribution in [2.45, 2.75) is 213 Å². The molecule has 14 aromatic heterocycles. The summed E-state index contributed by atoms with van der Waals surface area (Å²) in [4.78, 5) is 7.34. The van der Waals surface area contributed by atoms with Gasteiger partial charge in [-0.15, -0.1) is 159 Å². The van der Waals surface area contributed by atoms with Gasteiger partial charge in [0.2, 0.25) is 0 Å². The SMILES string of the molecule is CC.CC.CC.CC.CC.CC.CC.CC(C)(C)c1cc2ccsc2s1.CCc1cc2ccsc2s1.Cc1cc2c(C)csc2s1.Cc1csc2scc(C)c12.Cc1csc2scc(C)c12.Cc1sc2scc(C)c2c1C.Cc1sc2sccc2c1C. The maximum Gasteiger partial charge on any atom is 0.0873 e. The van der Waals surface area contributed by atoms with Gasteiger partial charge in [0.05, 0.1) is 28.1 Å². The second-order valence-corrected chi connectivity index (χ2v) is 34.7. The first-order valence-corrected chi connectivity index (χ1v) is 42.9. The van der Waals surface area contributed by atoms with Gasteiger partial charge in [0.15, 0.2) is 0 Å². The third-order valence-electron chi connectivity index (χ3n) is 12.3. The Bertz CT molecular complexity index is 3790. The van der Waals surface area contributed by atoms with E-state index < -0.39 is 0 Å². The normalized spacial score (nSPS) is 9.94. The number of thiophene rings is 14. The molecule has 0 aliphatic heterocycles. The average Bonchev–Trinajstić information content (AvgIpc) is 3.81. The van der Waals surface area contributed by atoms with Gasteiger partial charge < -0.3 is 0 Å². The molecule has 87 heavy (non-hydrogen) atoms. The summed E-state index contributed by atoms with van der Waals surface area (Å²) < 4.78 is 10.3. The van der Waals surface area contributed by atoms with Gasteiger partial charge in [-0.25, -0.2) is 0 Å². The van der Waals surface area contributed by atoms with Crippen molar-refractivity contribution >= 4 is 225 Å². The molecule has 0 saturated carbocycles. The lowest BCUT2D eigenvalue weighted by molar-refractivity contribution is 0.604. The molecule has 0 bridgehead atoms. The van der Waals surface area contributed by atoms with E-state index >= 15 is 0 Å². The zero-order valence-electron chi connectivity index (χ0n) is 58.1. The summed E-state index contributed by atoms with van der Waals surface area (Å²) in [5, 5.41) is 30.1. The highest BCUT2D eigenvalue weighted by Crippen LogP contribution is 2.40. The molecule has 0 aromatic carbocycles. The molecule has 0 N–H and O–H groups in total. The summed E-state index contributed by atoms with van der Waals surface area (Å²) >= 11 is 26.2. The average molecular weight is 1430 g/mol. The second kappa shape index (κ2) is 43.4. The smallest absolute Gasteiger partial charge is 0.0873 e. The molecule has 14 rings (SSSR count). The molecular formula is C73H104S14. The Morgan fingerprint density at radius 2 is 0.690 bits per heavy atom. The highest BCUT2D eigenvalue weighted by atomic mass is 32.2. The third kappa shape index (κ3) is 23.6. The zero-order valence-corrected chi connectivity index (χ0v) is 69.5. The van der Waals surface area contributed by atoms with Crippen molar-refractivity contribution in [3.63, 3.8) is 0 Å². The van der Waals surface area contributed by atoms with E-state index in [0.717, 1.165) is 0 Å². The molecule has 0 nitrogen and oxygen atoms in total. The van der Waals surface area contributed by atoms with Crippen molar-refractivity contribution in [1.82, 2.24) is 0 Å². The molecular weight excluding hydrogens is 1330 g/mol. The largest absolute Gasteiger partial charge is 0.133 e. The van der Waals surface area contributed by atoms with E-state index in [-0.39, 0.29) is 0 Å². The lowest BCUT2D eigenvalue weighted by Gasteiger charge is -2.14. The lowest BCUT2D eigenvalue weighted by Crippen LogP contribution is -2.07. The molecule has 14 aromatic rings. The van der Waals surface area contributed by atoms with Gasteiger partial charge in [0, 0.05) is 62.1 Å². The Kier molecular flexibility index (Phi) is 41.3. The second-order valence-electron chi connectivity index (χ2n) is 19.0. The summed E-state index contributed by atoms with van der Waals surface area (Å²) in [6.07, 6.45) is 1.17. The van der Waals surface area contributed by atoms with Crippen LogP contribution in [-0.4, -0.2) is 0 Å². The first kappa shape index (κ1) is 82.6. The maximum absolute atomic E-state index is 2.32. The van der Waals surface area contributed by atoms with Gasteiger partial charge in [-0.2, -0.15) is 0 Å². The minimum absolute atomic E-state index is 0.309. The van der Waals surface area contributed by atoms with E-state index in [4.69, 9.17) is 0 Å². The first-order valence-electron chi connectivity index (χ1n) is 30.9. The highest BCUT2D eigenvalue weighted by molar-refractivity contribution is 7.40. The number of rotatable bonds is 1. The van der Waals surface area contributed by atoms with E-state index in [9.17, 15) is 0 Å². The molecule has 0 atom stereocenters. The van der Waals surface area contributed by atoms with Crippen LogP contribution in [0, 0.1) is 76.2 Å². The van der Waals surface area contributed by atoms with E-state index in [0.29, 0.717) is 5.41 Å². The predicted molar refractivity (Wildman–Crippen MR) is 438 cm³/mol. The Morgan fingerprint density at radius 3 is 1.09 bits per heavy atom. The van der Waals surface area contributed by atoms with Crippen molar-refractivity contribution < 1.29 is 0 Å². The first-order chi connectivity index (χ1) is 41.8. The van der Waals surface area contributed by atoms with Crippen LogP contribution in [0.1, 0.15) is 194 Å². The van der Waals surface area contributed by atoms with Crippen LogP contribution >= 0.6 is 159 Å². The maximum atomic E-state index is 2.32. The lowest BCUT2D eigenvalue weighted by atomic mass is 9.94. The molecule has 0 aliphatic carbocycles. The minimum atomic E-state index is 0.309. The molecule has 0 spiro atoms. The standard InChI is InChI=1S/C10H12S2.C9H10S2.5C8H8S2.7C2H6/c1-10(2,3)8-6-7-4-5-11-9(7)12-8;1-5-4-10-9-8(5)6(2)7(3)11-9;1-5-4-9-8-7(5)3-6(2)10-8;2*1-5-3-9-8-7(5)6(2)4-10-8;1-5-6(2)10-8-7(5)3-4-9-8;1-2-7-5-6-3-4-9-8(6)10-7;7*1-2/h4-6H,1-3H3;4H,1-3H3;4*3-4H,1-2H3;3-5H,2H2,1H3;7*1-2H3. The van der Waals surface area contributed by atoms with E-state index in [1.807, 2.05) is 256 Å². The van der Waals surface area contributed by atoms with Gasteiger partial charge in [-0.05, 0) is 217 Å². The molecule has 0 unspecified atom stereocenters. The summed E-state index contributed by atoms with van der Waals surface area (Å²) in [5.74, 6) is 0. The Balaban J connectivity index is 0.000000491. The van der Waals surface area contributed by atoms with Gasteiger partial charge in [0.1, 0.15) is 0 Å². The van der Waals surface area contributed by atoms with Gasteiger partial charge in [-0.3, -0.25) is 0 Å². The van der Waals surface area contributed by atoms with Crippen LogP contribution in [0.5, 0.6) is 0 Å². The number of aryl methyl sites for hydroxylation is 12. The molecule has 14 heterocycles. The number of hydrogen-bond acceptors (Lipinski definition) is 14. The molecule has 0 fully saturated rings. The van der Waals surface area contributed by atoms with Gasteiger partial charge >= 0.3 is 0 Å². The zero-order chi connectivity index (χ0) is 66.3. The highest BCUT2D eigenvalue weighted by Gasteiger charge is 2.17. The molecule has 14 heteroatoms. The third-order valence-corrected chi connectivity index (χ3v) is 29.0. The summed E-state index contributed by atoms with van der Waals surface area (Å²) in [5.41, 5.74) is 11.8. The van der Waals surface area contributed by atoms with Crippen LogP contribution < -0.4 is 0 Å². The monoisotopic (exact) mass is 1430 g/mol. The van der Waals surface area contributed by atoms with E-state index in [1.165, 1.54) is 141 Å². The van der Waals surface area contributed by atoms with E-state index in [1.54, 1.807) is 0 Å². The fraction of sp³-hybridized carbons (Fsp3) is 0.425. The molecule has 0 amide bonds. The number of fused-ring (bicyclic) bond motifs is 7. The molecule has 0 radical (unpaired) electrons. The van der Waals surface area contributed by atoms with Crippen LogP contribution in [0.2, 0.25) is 0 Å². The van der Waals surface area contributed by atoms with Crippen LogP contribution in [0.15, 0.2) is 84.8 Å². The fourth-order valence-corrected chi connectivity index (χ4v) is 23.7. The summed E-state index contributed by atoms with van der Waals surface area (Å²) in [6.45, 7) is 61.0. The van der Waals surface area contributed by atoms with Crippen molar-refractivity contribution in [2.75, 3.05) is 0 Å². The van der Waals surface area contributed by atoms with E-state index in [2.05, 4.69) is 189 Å². The Hall–Kier alpha value is -2.38. The molecule has 0 aliphatic rings. The van der Waals surface area contributed by atoms with Crippen LogP contribution in [0.25, 0.3) is 65.8 Å². The Labute approximate surface area is 584 Å². The number of hydrogen-bond donors (Lipinski definition) is 0. The van der Waals surface area contributed by atoms with Crippen molar-refractivity contribution in [2.24, 2.45) is 0 Å². The quantitative estimate of drug-likeness (QED) is 0.154. The van der Waals surface area contributed by atoms with Gasteiger partial charge in [-0.1, -0.05) is 125 Å². The van der Waals surface area contributed by atoms with Crippen molar-refractivity contribution in [1.29, 1.82) is 0 Å². The summed E-state index contributed by atoms with van der Waals surface area (Å²) in [7, 11) is 0. The van der Waals surface area contributed by atoms with Crippen molar-refractivity contribution in [3.05, 3.63) is 154 Å². The fourth-order valence-electron chi connectivity index (χ4n) is 7.94. The minimum Gasteiger partial charge on any atom is -0.133 e. The molecule has 480 valence electrons.